The van der Waals surface area contributed by atoms with Gasteiger partial charge in [-0.2, -0.15) is 0 Å². The quantitative estimate of drug-likeness (QED) is 0.546. The second-order valence-electron chi connectivity index (χ2n) is 1.29. The third kappa shape index (κ3) is 1.60. The Morgan fingerprint density at radius 3 is 2.50 bits per heavy atom. The Bertz CT molecular complexity index is 136. The van der Waals surface area contributed by atoms with Crippen LogP contribution in [-0.2, 0) is 0 Å². The van der Waals surface area contributed by atoms with E-state index in [4.69, 9.17) is 5.73 Å². The summed E-state index contributed by atoms with van der Waals surface area (Å²) < 4.78 is 0. The molecule has 0 bridgehead atoms. The standard InChI is InChI=1S/C5H6N2.CH4/c6-5-2-1-3-7-4-5;/h1-4H,6H2;1H4. The van der Waals surface area contributed by atoms with Crippen molar-refractivity contribution in [2.24, 2.45) is 0 Å². The van der Waals surface area contributed by atoms with E-state index in [9.17, 15) is 0 Å². The Labute approximate surface area is 49.4 Å². The molecule has 44 valence electrons. The molecule has 2 nitrogen and oxygen atoms in total. The van der Waals surface area contributed by atoms with Crippen LogP contribution in [0.4, 0.5) is 5.69 Å². The molecule has 0 amide bonds. The molecule has 0 aliphatic carbocycles. The fourth-order valence-corrected chi connectivity index (χ4v) is 0.376. The van der Waals surface area contributed by atoms with Crippen LogP contribution >= 0.6 is 0 Å². The molecule has 1 aromatic rings. The lowest BCUT2D eigenvalue weighted by atomic mass is 10.4. The molecule has 0 saturated heterocycles. The highest BCUT2D eigenvalue weighted by atomic mass is 14.7. The summed E-state index contributed by atoms with van der Waals surface area (Å²) in [5, 5.41) is 0. The maximum absolute atomic E-state index is 5.30. The van der Waals surface area contributed by atoms with Gasteiger partial charge in [-0.05, 0) is 12.1 Å². The van der Waals surface area contributed by atoms with Crippen molar-refractivity contribution in [3.8, 4) is 0 Å². The number of anilines is 1. The molecule has 1 rings (SSSR count). The van der Waals surface area contributed by atoms with Crippen LogP contribution in [0.3, 0.4) is 0 Å². The number of rotatable bonds is 0. The first-order chi connectivity index (χ1) is 3.39. The highest BCUT2D eigenvalue weighted by Gasteiger charge is 1.73. The van der Waals surface area contributed by atoms with Crippen molar-refractivity contribution in [1.82, 2.24) is 4.98 Å². The molecule has 0 atom stereocenters. The van der Waals surface area contributed by atoms with Crippen LogP contribution < -0.4 is 5.73 Å². The minimum Gasteiger partial charge on any atom is -0.397 e. The lowest BCUT2D eigenvalue weighted by Gasteiger charge is -1.83. The summed E-state index contributed by atoms with van der Waals surface area (Å²) >= 11 is 0. The van der Waals surface area contributed by atoms with Crippen LogP contribution in [0.25, 0.3) is 0 Å². The van der Waals surface area contributed by atoms with Crippen LogP contribution in [0.5, 0.6) is 0 Å². The first-order valence-corrected chi connectivity index (χ1v) is 2.05. The van der Waals surface area contributed by atoms with E-state index in [-0.39, 0.29) is 7.43 Å². The molecular formula is C6H10N2. The minimum atomic E-state index is 0. The van der Waals surface area contributed by atoms with Crippen molar-refractivity contribution in [2.75, 3.05) is 5.73 Å². The second-order valence-corrected chi connectivity index (χ2v) is 1.29. The maximum Gasteiger partial charge on any atom is 0.0500 e. The van der Waals surface area contributed by atoms with E-state index < -0.39 is 0 Å². The number of aromatic nitrogens is 1. The summed E-state index contributed by atoms with van der Waals surface area (Å²) in [5.41, 5.74) is 6.01. The van der Waals surface area contributed by atoms with Gasteiger partial charge in [-0.1, -0.05) is 7.43 Å². The smallest absolute Gasteiger partial charge is 0.0500 e. The molecular weight excluding hydrogens is 100 g/mol. The molecule has 2 heteroatoms. The van der Waals surface area contributed by atoms with E-state index in [1.54, 1.807) is 24.5 Å². The number of hydrogen-bond acceptors (Lipinski definition) is 2. The Morgan fingerprint density at radius 1 is 1.50 bits per heavy atom. The van der Waals surface area contributed by atoms with Gasteiger partial charge >= 0.3 is 0 Å². The van der Waals surface area contributed by atoms with Gasteiger partial charge in [0.05, 0.1) is 5.69 Å². The zero-order valence-corrected chi connectivity index (χ0v) is 3.83. The van der Waals surface area contributed by atoms with E-state index >= 15 is 0 Å². The second kappa shape index (κ2) is 3.02. The van der Waals surface area contributed by atoms with Crippen molar-refractivity contribution < 1.29 is 0 Å². The van der Waals surface area contributed by atoms with Crippen molar-refractivity contribution in [2.45, 2.75) is 7.43 Å². The van der Waals surface area contributed by atoms with Crippen molar-refractivity contribution in [1.29, 1.82) is 0 Å². The molecule has 0 aliphatic heterocycles. The third-order valence-electron chi connectivity index (χ3n) is 0.684. The molecule has 0 aromatic carbocycles. The predicted molar refractivity (Wildman–Crippen MR) is 35.4 cm³/mol. The third-order valence-corrected chi connectivity index (χ3v) is 0.684. The zero-order valence-electron chi connectivity index (χ0n) is 3.83. The van der Waals surface area contributed by atoms with Crippen molar-refractivity contribution in [3.05, 3.63) is 24.5 Å². The number of pyridine rings is 1. The van der Waals surface area contributed by atoms with E-state index in [1.807, 2.05) is 0 Å². The molecule has 0 unspecified atom stereocenters. The number of nitrogens with zero attached hydrogens (tertiary/aromatic N) is 1. The number of hydrogen-bond donors (Lipinski definition) is 1. The normalized spacial score (nSPS) is 7.50. The first kappa shape index (κ1) is 6.95. The van der Waals surface area contributed by atoms with Gasteiger partial charge in [0.15, 0.2) is 0 Å². The van der Waals surface area contributed by atoms with E-state index in [0.717, 1.165) is 0 Å². The van der Waals surface area contributed by atoms with E-state index in [2.05, 4.69) is 4.98 Å². The van der Waals surface area contributed by atoms with Gasteiger partial charge in [-0.15, -0.1) is 0 Å². The Morgan fingerprint density at radius 2 is 2.25 bits per heavy atom. The molecule has 0 radical (unpaired) electrons. The Hall–Kier alpha value is -1.05. The van der Waals surface area contributed by atoms with Gasteiger partial charge in [0.25, 0.3) is 0 Å². The van der Waals surface area contributed by atoms with Gasteiger partial charge < -0.3 is 5.73 Å². The molecule has 2 N–H and O–H groups in total. The Balaban J connectivity index is 0.000000490. The van der Waals surface area contributed by atoms with Crippen LogP contribution in [0.15, 0.2) is 24.5 Å². The summed E-state index contributed by atoms with van der Waals surface area (Å²) in [6.07, 6.45) is 3.30. The van der Waals surface area contributed by atoms with Gasteiger partial charge in [-0.3, -0.25) is 4.98 Å². The largest absolute Gasteiger partial charge is 0.397 e. The average molecular weight is 110 g/mol. The van der Waals surface area contributed by atoms with Crippen LogP contribution in [0.2, 0.25) is 0 Å². The minimum absolute atomic E-state index is 0. The average Bonchev–Trinajstić information content (AvgIpc) is 1.69. The van der Waals surface area contributed by atoms with E-state index in [0.29, 0.717) is 5.69 Å². The monoisotopic (exact) mass is 110 g/mol. The zero-order chi connectivity index (χ0) is 5.11. The molecule has 1 heterocycles. The van der Waals surface area contributed by atoms with Gasteiger partial charge in [0, 0.05) is 12.4 Å². The summed E-state index contributed by atoms with van der Waals surface area (Å²) in [5.74, 6) is 0. The summed E-state index contributed by atoms with van der Waals surface area (Å²) in [4.78, 5) is 3.76. The van der Waals surface area contributed by atoms with Gasteiger partial charge in [0.1, 0.15) is 0 Å². The topological polar surface area (TPSA) is 38.9 Å². The summed E-state index contributed by atoms with van der Waals surface area (Å²) in [6, 6.07) is 3.60. The number of nitrogens with two attached hydrogens (primary N) is 1. The molecule has 8 heavy (non-hydrogen) atoms. The molecule has 0 saturated carbocycles. The fraction of sp³-hybridized carbons (Fsp3) is 0.167. The van der Waals surface area contributed by atoms with Crippen molar-refractivity contribution >= 4 is 5.69 Å². The van der Waals surface area contributed by atoms with Gasteiger partial charge in [0.2, 0.25) is 0 Å². The molecule has 1 aromatic heterocycles. The predicted octanol–water partition coefficient (Wildman–Crippen LogP) is 1.30. The summed E-state index contributed by atoms with van der Waals surface area (Å²) in [6.45, 7) is 0. The lowest BCUT2D eigenvalue weighted by Crippen LogP contribution is -1.82. The molecule has 0 aliphatic rings. The van der Waals surface area contributed by atoms with Crippen LogP contribution in [-0.4, -0.2) is 4.98 Å². The fourth-order valence-electron chi connectivity index (χ4n) is 0.376. The highest BCUT2D eigenvalue weighted by molar-refractivity contribution is 5.32. The van der Waals surface area contributed by atoms with Crippen LogP contribution in [0.1, 0.15) is 7.43 Å². The van der Waals surface area contributed by atoms with Gasteiger partial charge in [-0.25, -0.2) is 0 Å². The summed E-state index contributed by atoms with van der Waals surface area (Å²) in [7, 11) is 0. The number of nitrogen functional groups attached to an aromatic ring is 1. The Kier molecular flexibility index (Phi) is 2.62. The SMILES string of the molecule is C.Nc1cccnc1. The maximum atomic E-state index is 5.30. The van der Waals surface area contributed by atoms with Crippen molar-refractivity contribution in [3.63, 3.8) is 0 Å². The van der Waals surface area contributed by atoms with E-state index in [1.165, 1.54) is 0 Å². The first-order valence-electron chi connectivity index (χ1n) is 2.05. The molecule has 0 spiro atoms. The molecule has 0 fully saturated rings. The lowest BCUT2D eigenvalue weighted by molar-refractivity contribution is 1.33. The van der Waals surface area contributed by atoms with Crippen LogP contribution in [0, 0.1) is 0 Å². The highest BCUT2D eigenvalue weighted by Crippen LogP contribution is 1.92.